The highest BCUT2D eigenvalue weighted by Crippen LogP contribution is 2.23. The lowest BCUT2D eigenvalue weighted by Crippen LogP contribution is -2.46. The van der Waals surface area contributed by atoms with Crippen LogP contribution in [0, 0.1) is 0 Å². The number of morpholine rings is 1. The fraction of sp³-hybridized carbons (Fsp3) is 0.533. The number of aryl methyl sites for hydroxylation is 2. The number of halogens is 1. The first-order valence-electron chi connectivity index (χ1n) is 6.86. The molecular weight excluding hydrogens is 262 g/mol. The van der Waals surface area contributed by atoms with Gasteiger partial charge in [-0.2, -0.15) is 0 Å². The van der Waals surface area contributed by atoms with Crippen molar-refractivity contribution in [3.05, 3.63) is 34.9 Å². The third kappa shape index (κ3) is 2.63. The topological polar surface area (TPSA) is 29.5 Å². The van der Waals surface area contributed by atoms with Crippen LogP contribution in [0.2, 0.25) is 0 Å². The van der Waals surface area contributed by atoms with E-state index in [2.05, 4.69) is 12.1 Å². The Morgan fingerprint density at radius 3 is 3.05 bits per heavy atom. The lowest BCUT2D eigenvalue weighted by atomic mass is 10.1. The average Bonchev–Trinajstić information content (AvgIpc) is 2.94. The summed E-state index contributed by atoms with van der Waals surface area (Å²) in [5.74, 6) is 0.543. The van der Waals surface area contributed by atoms with Crippen molar-refractivity contribution < 1.29 is 9.53 Å². The Morgan fingerprint density at radius 2 is 2.21 bits per heavy atom. The van der Waals surface area contributed by atoms with Crippen LogP contribution in [-0.4, -0.2) is 42.5 Å². The molecule has 1 fully saturated rings. The largest absolute Gasteiger partial charge is 0.373 e. The Hall–Kier alpha value is -1.06. The second-order valence-electron chi connectivity index (χ2n) is 5.24. The summed E-state index contributed by atoms with van der Waals surface area (Å²) >= 11 is 5.81. The fourth-order valence-electron chi connectivity index (χ4n) is 2.88. The highest BCUT2D eigenvalue weighted by atomic mass is 35.5. The zero-order valence-electron chi connectivity index (χ0n) is 10.9. The van der Waals surface area contributed by atoms with Crippen LogP contribution in [0.5, 0.6) is 0 Å². The van der Waals surface area contributed by atoms with E-state index >= 15 is 0 Å². The van der Waals surface area contributed by atoms with Crippen molar-refractivity contribution in [1.82, 2.24) is 4.90 Å². The molecule has 1 aromatic rings. The Labute approximate surface area is 118 Å². The molecular formula is C15H18ClNO2. The number of benzene rings is 1. The second kappa shape index (κ2) is 5.51. The first-order chi connectivity index (χ1) is 9.28. The van der Waals surface area contributed by atoms with Crippen molar-refractivity contribution in [2.75, 3.05) is 25.6 Å². The monoisotopic (exact) mass is 279 g/mol. The van der Waals surface area contributed by atoms with Gasteiger partial charge in [0.25, 0.3) is 5.91 Å². The Morgan fingerprint density at radius 1 is 1.37 bits per heavy atom. The quantitative estimate of drug-likeness (QED) is 0.777. The molecule has 3 rings (SSSR count). The van der Waals surface area contributed by atoms with Gasteiger partial charge in [0.2, 0.25) is 0 Å². The van der Waals surface area contributed by atoms with Crippen LogP contribution >= 0.6 is 11.6 Å². The predicted octanol–water partition coefficient (Wildman–Crippen LogP) is 2.26. The number of nitrogens with zero attached hydrogens (tertiary/aromatic N) is 1. The Balaban J connectivity index is 1.76. The number of amides is 1. The molecule has 1 atom stereocenters. The summed E-state index contributed by atoms with van der Waals surface area (Å²) in [6, 6.07) is 6.13. The predicted molar refractivity (Wildman–Crippen MR) is 74.8 cm³/mol. The van der Waals surface area contributed by atoms with E-state index in [9.17, 15) is 4.79 Å². The molecule has 1 unspecified atom stereocenters. The molecule has 4 heteroatoms. The number of fused-ring (bicyclic) bond motifs is 1. The van der Waals surface area contributed by atoms with Crippen molar-refractivity contribution in [1.29, 1.82) is 0 Å². The smallest absolute Gasteiger partial charge is 0.254 e. The van der Waals surface area contributed by atoms with E-state index in [4.69, 9.17) is 16.3 Å². The minimum atomic E-state index is -0.0335. The van der Waals surface area contributed by atoms with Crippen molar-refractivity contribution in [2.24, 2.45) is 0 Å². The first-order valence-corrected chi connectivity index (χ1v) is 7.40. The van der Waals surface area contributed by atoms with E-state index in [0.29, 0.717) is 25.6 Å². The minimum Gasteiger partial charge on any atom is -0.373 e. The van der Waals surface area contributed by atoms with Crippen molar-refractivity contribution in [2.45, 2.75) is 25.4 Å². The molecule has 1 amide bonds. The van der Waals surface area contributed by atoms with Crippen LogP contribution in [-0.2, 0) is 17.6 Å². The van der Waals surface area contributed by atoms with E-state index in [1.54, 1.807) is 0 Å². The standard InChI is InChI=1S/C15H18ClNO2/c16-9-14-10-17(6-7-19-14)15(18)13-5-4-11-2-1-3-12(11)8-13/h4-5,8,14H,1-3,6-7,9-10H2. The van der Waals surface area contributed by atoms with Gasteiger partial charge >= 0.3 is 0 Å². The van der Waals surface area contributed by atoms with Crippen LogP contribution < -0.4 is 0 Å². The van der Waals surface area contributed by atoms with E-state index in [1.807, 2.05) is 11.0 Å². The zero-order chi connectivity index (χ0) is 13.2. The fourth-order valence-corrected chi connectivity index (χ4v) is 3.07. The SMILES string of the molecule is O=C(c1ccc2c(c1)CCC2)N1CCOC(CCl)C1. The molecule has 0 spiro atoms. The third-order valence-corrected chi connectivity index (χ3v) is 4.29. The maximum atomic E-state index is 12.5. The number of hydrogen-bond acceptors (Lipinski definition) is 2. The molecule has 0 aromatic heterocycles. The van der Waals surface area contributed by atoms with Gasteiger partial charge in [0, 0.05) is 18.7 Å². The minimum absolute atomic E-state index is 0.0335. The van der Waals surface area contributed by atoms with Crippen LogP contribution in [0.4, 0.5) is 0 Å². The van der Waals surface area contributed by atoms with Crippen LogP contribution in [0.3, 0.4) is 0 Å². The molecule has 0 radical (unpaired) electrons. The molecule has 19 heavy (non-hydrogen) atoms. The average molecular weight is 280 g/mol. The van der Waals surface area contributed by atoms with Crippen molar-refractivity contribution in [3.8, 4) is 0 Å². The van der Waals surface area contributed by atoms with Crippen molar-refractivity contribution >= 4 is 17.5 Å². The first kappa shape index (κ1) is 12.9. The van der Waals surface area contributed by atoms with E-state index < -0.39 is 0 Å². The summed E-state index contributed by atoms with van der Waals surface area (Å²) in [7, 11) is 0. The summed E-state index contributed by atoms with van der Waals surface area (Å²) in [5, 5.41) is 0. The number of alkyl halides is 1. The van der Waals surface area contributed by atoms with Gasteiger partial charge in [-0.25, -0.2) is 0 Å². The zero-order valence-corrected chi connectivity index (χ0v) is 11.7. The molecule has 102 valence electrons. The second-order valence-corrected chi connectivity index (χ2v) is 5.54. The molecule has 1 aliphatic heterocycles. The van der Waals surface area contributed by atoms with Gasteiger partial charge in [-0.05, 0) is 42.5 Å². The highest BCUT2D eigenvalue weighted by Gasteiger charge is 2.25. The number of ether oxygens (including phenoxy) is 1. The van der Waals surface area contributed by atoms with E-state index in [0.717, 1.165) is 18.4 Å². The molecule has 3 nitrogen and oxygen atoms in total. The van der Waals surface area contributed by atoms with Crippen molar-refractivity contribution in [3.63, 3.8) is 0 Å². The molecule has 1 saturated heterocycles. The van der Waals surface area contributed by atoms with Gasteiger partial charge < -0.3 is 9.64 Å². The summed E-state index contributed by atoms with van der Waals surface area (Å²) in [4.78, 5) is 14.3. The van der Waals surface area contributed by atoms with Crippen LogP contribution in [0.15, 0.2) is 18.2 Å². The Bertz CT molecular complexity index is 489. The molecule has 0 saturated carbocycles. The van der Waals surface area contributed by atoms with Crippen LogP contribution in [0.1, 0.15) is 27.9 Å². The number of rotatable bonds is 2. The number of carbonyl (C=O) groups is 1. The van der Waals surface area contributed by atoms with Gasteiger partial charge in [-0.15, -0.1) is 11.6 Å². The lowest BCUT2D eigenvalue weighted by molar-refractivity contribution is -0.0108. The molecule has 0 bridgehead atoms. The summed E-state index contributed by atoms with van der Waals surface area (Å²) in [5.41, 5.74) is 3.54. The molecule has 0 N–H and O–H groups in total. The Kier molecular flexibility index (Phi) is 3.76. The highest BCUT2D eigenvalue weighted by molar-refractivity contribution is 6.18. The van der Waals surface area contributed by atoms with Gasteiger partial charge in [-0.1, -0.05) is 6.07 Å². The van der Waals surface area contributed by atoms with Gasteiger partial charge in [-0.3, -0.25) is 4.79 Å². The molecule has 1 aromatic carbocycles. The van der Waals surface area contributed by atoms with E-state index in [-0.39, 0.29) is 12.0 Å². The molecule has 2 aliphatic rings. The molecule has 1 heterocycles. The summed E-state index contributed by atoms with van der Waals surface area (Å²) < 4.78 is 5.49. The maximum Gasteiger partial charge on any atom is 0.254 e. The maximum absolute atomic E-state index is 12.5. The number of carbonyl (C=O) groups excluding carboxylic acids is 1. The van der Waals surface area contributed by atoms with E-state index in [1.165, 1.54) is 17.5 Å². The summed E-state index contributed by atoms with van der Waals surface area (Å²) in [6.45, 7) is 1.83. The third-order valence-electron chi connectivity index (χ3n) is 3.94. The van der Waals surface area contributed by atoms with Gasteiger partial charge in [0.1, 0.15) is 0 Å². The molecule has 1 aliphatic carbocycles. The normalized spacial score (nSPS) is 22.4. The summed E-state index contributed by atoms with van der Waals surface area (Å²) in [6.07, 6.45) is 3.42. The van der Waals surface area contributed by atoms with Gasteiger partial charge in [0.05, 0.1) is 18.6 Å². The van der Waals surface area contributed by atoms with Gasteiger partial charge in [0.15, 0.2) is 0 Å². The number of hydrogen-bond donors (Lipinski definition) is 0. The lowest BCUT2D eigenvalue weighted by Gasteiger charge is -2.32. The van der Waals surface area contributed by atoms with Crippen LogP contribution in [0.25, 0.3) is 0 Å².